The van der Waals surface area contributed by atoms with E-state index in [1.165, 1.54) is 4.90 Å². The lowest BCUT2D eigenvalue weighted by Gasteiger charge is -2.28. The fourth-order valence-corrected chi connectivity index (χ4v) is 2.58. The third kappa shape index (κ3) is 5.91. The molecule has 2 rings (SSSR count). The van der Waals surface area contributed by atoms with Crippen molar-refractivity contribution in [3.05, 3.63) is 60.4 Å². The van der Waals surface area contributed by atoms with E-state index < -0.39 is 5.97 Å². The highest BCUT2D eigenvalue weighted by Gasteiger charge is 2.19. The fourth-order valence-electron chi connectivity index (χ4n) is 2.58. The number of benzene rings is 1. The Bertz CT molecular complexity index is 677. The van der Waals surface area contributed by atoms with Crippen molar-refractivity contribution in [3.63, 3.8) is 0 Å². The molecule has 0 unspecified atom stereocenters. The SMILES string of the molecule is CCCN(CC(=O)O)C(=O)CN(Cc1cccnc1)c1ccccc1. The number of carbonyl (C=O) groups is 2. The van der Waals surface area contributed by atoms with E-state index in [0.717, 1.165) is 11.3 Å². The molecule has 1 N–H and O–H groups in total. The van der Waals surface area contributed by atoms with Gasteiger partial charge in [0.05, 0.1) is 6.54 Å². The van der Waals surface area contributed by atoms with Gasteiger partial charge in [-0.15, -0.1) is 0 Å². The molecule has 0 atom stereocenters. The Balaban J connectivity index is 2.17. The van der Waals surface area contributed by atoms with Gasteiger partial charge < -0.3 is 14.9 Å². The van der Waals surface area contributed by atoms with Gasteiger partial charge in [-0.3, -0.25) is 14.6 Å². The molecule has 0 fully saturated rings. The highest BCUT2D eigenvalue weighted by molar-refractivity contribution is 5.85. The second-order valence-corrected chi connectivity index (χ2v) is 5.76. The number of anilines is 1. The van der Waals surface area contributed by atoms with Crippen LogP contribution < -0.4 is 4.90 Å². The predicted octanol–water partition coefficient (Wildman–Crippen LogP) is 2.41. The van der Waals surface area contributed by atoms with Crippen molar-refractivity contribution >= 4 is 17.6 Å². The number of pyridine rings is 1. The average Bonchev–Trinajstić information content (AvgIpc) is 2.62. The first kappa shape index (κ1) is 18.4. The summed E-state index contributed by atoms with van der Waals surface area (Å²) < 4.78 is 0. The van der Waals surface area contributed by atoms with E-state index in [1.54, 1.807) is 12.4 Å². The molecule has 1 amide bonds. The van der Waals surface area contributed by atoms with Crippen molar-refractivity contribution in [2.45, 2.75) is 19.9 Å². The molecule has 25 heavy (non-hydrogen) atoms. The van der Waals surface area contributed by atoms with Gasteiger partial charge in [-0.25, -0.2) is 0 Å². The molecule has 1 heterocycles. The van der Waals surface area contributed by atoms with E-state index >= 15 is 0 Å². The lowest BCUT2D eigenvalue weighted by atomic mass is 10.2. The van der Waals surface area contributed by atoms with Gasteiger partial charge in [0.2, 0.25) is 5.91 Å². The molecule has 2 aromatic rings. The van der Waals surface area contributed by atoms with Crippen LogP contribution in [0.1, 0.15) is 18.9 Å². The van der Waals surface area contributed by atoms with Gasteiger partial charge in [-0.2, -0.15) is 0 Å². The zero-order chi connectivity index (χ0) is 18.1. The first-order valence-electron chi connectivity index (χ1n) is 8.28. The van der Waals surface area contributed by atoms with Crippen LogP contribution in [0, 0.1) is 0 Å². The number of nitrogens with zero attached hydrogens (tertiary/aromatic N) is 3. The summed E-state index contributed by atoms with van der Waals surface area (Å²) in [5.74, 6) is -1.20. The number of rotatable bonds is 9. The second-order valence-electron chi connectivity index (χ2n) is 5.76. The molecule has 0 saturated heterocycles. The summed E-state index contributed by atoms with van der Waals surface area (Å²) in [5.41, 5.74) is 1.89. The molecule has 6 heteroatoms. The van der Waals surface area contributed by atoms with Crippen LogP contribution in [0.4, 0.5) is 5.69 Å². The number of hydrogen-bond donors (Lipinski definition) is 1. The predicted molar refractivity (Wildman–Crippen MR) is 96.2 cm³/mol. The molecule has 0 aliphatic heterocycles. The number of aliphatic carboxylic acids is 1. The molecule has 0 bridgehead atoms. The van der Waals surface area contributed by atoms with Gasteiger partial charge in [0.15, 0.2) is 0 Å². The largest absolute Gasteiger partial charge is 0.480 e. The highest BCUT2D eigenvalue weighted by Crippen LogP contribution is 2.16. The number of carboxylic acid groups (broad SMARTS) is 1. The molecular weight excluding hydrogens is 318 g/mol. The zero-order valence-electron chi connectivity index (χ0n) is 14.3. The van der Waals surface area contributed by atoms with Crippen LogP contribution in [0.15, 0.2) is 54.9 Å². The van der Waals surface area contributed by atoms with Crippen LogP contribution >= 0.6 is 0 Å². The number of aromatic nitrogens is 1. The normalized spacial score (nSPS) is 10.3. The van der Waals surface area contributed by atoms with Crippen molar-refractivity contribution in [2.24, 2.45) is 0 Å². The van der Waals surface area contributed by atoms with Crippen molar-refractivity contribution in [2.75, 3.05) is 24.5 Å². The Morgan fingerprint density at radius 1 is 1.08 bits per heavy atom. The Hall–Kier alpha value is -2.89. The summed E-state index contributed by atoms with van der Waals surface area (Å²) in [6, 6.07) is 13.4. The highest BCUT2D eigenvalue weighted by atomic mass is 16.4. The standard InChI is InChI=1S/C19H23N3O3/c1-2-11-21(15-19(24)25)18(23)14-22(17-8-4-3-5-9-17)13-16-7-6-10-20-12-16/h3-10,12H,2,11,13-15H2,1H3,(H,24,25). The van der Waals surface area contributed by atoms with E-state index in [-0.39, 0.29) is 19.0 Å². The first-order valence-corrected chi connectivity index (χ1v) is 8.28. The smallest absolute Gasteiger partial charge is 0.323 e. The van der Waals surface area contributed by atoms with E-state index in [2.05, 4.69) is 4.98 Å². The van der Waals surface area contributed by atoms with Gasteiger partial charge in [0, 0.05) is 31.2 Å². The summed E-state index contributed by atoms with van der Waals surface area (Å²) >= 11 is 0. The number of amides is 1. The number of carboxylic acids is 1. The van der Waals surface area contributed by atoms with Crippen LogP contribution in [0.25, 0.3) is 0 Å². The maximum Gasteiger partial charge on any atom is 0.323 e. The van der Waals surface area contributed by atoms with Crippen LogP contribution in [0.2, 0.25) is 0 Å². The summed E-state index contributed by atoms with van der Waals surface area (Å²) in [6.45, 7) is 2.72. The van der Waals surface area contributed by atoms with E-state index in [1.807, 2.05) is 54.3 Å². The summed E-state index contributed by atoms with van der Waals surface area (Å²) in [7, 11) is 0. The second kappa shape index (κ2) is 9.42. The van der Waals surface area contributed by atoms with Crippen LogP contribution in [-0.4, -0.2) is 46.5 Å². The van der Waals surface area contributed by atoms with Crippen LogP contribution in [-0.2, 0) is 16.1 Å². The summed E-state index contributed by atoms with van der Waals surface area (Å²) in [6.07, 6.45) is 4.19. The summed E-state index contributed by atoms with van der Waals surface area (Å²) in [5, 5.41) is 9.03. The van der Waals surface area contributed by atoms with Gasteiger partial charge in [-0.05, 0) is 30.2 Å². The number of para-hydroxylation sites is 1. The van der Waals surface area contributed by atoms with Crippen LogP contribution in [0.5, 0.6) is 0 Å². The minimum absolute atomic E-state index is 0.117. The average molecular weight is 341 g/mol. The minimum Gasteiger partial charge on any atom is -0.480 e. The van der Waals surface area contributed by atoms with E-state index in [9.17, 15) is 9.59 Å². The van der Waals surface area contributed by atoms with Gasteiger partial charge in [-0.1, -0.05) is 31.2 Å². The molecular formula is C19H23N3O3. The van der Waals surface area contributed by atoms with E-state index in [0.29, 0.717) is 19.5 Å². The molecule has 6 nitrogen and oxygen atoms in total. The van der Waals surface area contributed by atoms with Crippen molar-refractivity contribution in [3.8, 4) is 0 Å². The Morgan fingerprint density at radius 3 is 2.44 bits per heavy atom. The Labute approximate surface area is 147 Å². The monoisotopic (exact) mass is 341 g/mol. The molecule has 0 radical (unpaired) electrons. The minimum atomic E-state index is -1.000. The lowest BCUT2D eigenvalue weighted by Crippen LogP contribution is -2.43. The summed E-state index contributed by atoms with van der Waals surface area (Å²) in [4.78, 5) is 31.1. The topological polar surface area (TPSA) is 73.7 Å². The molecule has 0 saturated carbocycles. The van der Waals surface area contributed by atoms with Crippen LogP contribution in [0.3, 0.4) is 0 Å². The Kier molecular flexibility index (Phi) is 6.95. The van der Waals surface area contributed by atoms with Gasteiger partial charge >= 0.3 is 5.97 Å². The van der Waals surface area contributed by atoms with Crippen molar-refractivity contribution in [1.82, 2.24) is 9.88 Å². The molecule has 132 valence electrons. The maximum absolute atomic E-state index is 12.6. The third-order valence-electron chi connectivity index (χ3n) is 3.72. The fraction of sp³-hybridized carbons (Fsp3) is 0.316. The Morgan fingerprint density at radius 2 is 1.84 bits per heavy atom. The van der Waals surface area contributed by atoms with Gasteiger partial charge in [0.1, 0.15) is 6.54 Å². The quantitative estimate of drug-likeness (QED) is 0.758. The lowest BCUT2D eigenvalue weighted by molar-refractivity contribution is -0.143. The molecule has 1 aromatic heterocycles. The molecule has 1 aromatic carbocycles. The van der Waals surface area contributed by atoms with Crippen molar-refractivity contribution in [1.29, 1.82) is 0 Å². The zero-order valence-corrected chi connectivity index (χ0v) is 14.3. The first-order chi connectivity index (χ1) is 12.1. The number of hydrogen-bond acceptors (Lipinski definition) is 4. The van der Waals surface area contributed by atoms with Crippen molar-refractivity contribution < 1.29 is 14.7 Å². The van der Waals surface area contributed by atoms with E-state index in [4.69, 9.17) is 5.11 Å². The van der Waals surface area contributed by atoms with Gasteiger partial charge in [0.25, 0.3) is 0 Å². The number of carbonyl (C=O) groups excluding carboxylic acids is 1. The third-order valence-corrected chi connectivity index (χ3v) is 3.72. The molecule has 0 aliphatic rings. The molecule has 0 spiro atoms. The maximum atomic E-state index is 12.6. The molecule has 0 aliphatic carbocycles.